The maximum atomic E-state index is 13.5. The predicted molar refractivity (Wildman–Crippen MR) is 69.2 cm³/mol. The second kappa shape index (κ2) is 5.79. The number of halogens is 2. The van der Waals surface area contributed by atoms with E-state index in [4.69, 9.17) is 0 Å². The Morgan fingerprint density at radius 2 is 2.06 bits per heavy atom. The Morgan fingerprint density at radius 3 is 2.72 bits per heavy atom. The summed E-state index contributed by atoms with van der Waals surface area (Å²) in [5.74, 6) is -0.102. The van der Waals surface area contributed by atoms with Crippen molar-refractivity contribution in [2.75, 3.05) is 0 Å². The zero-order chi connectivity index (χ0) is 13.1. The van der Waals surface area contributed by atoms with Crippen LogP contribution in [0.3, 0.4) is 0 Å². The smallest absolute Gasteiger partial charge is 0.163 e. The van der Waals surface area contributed by atoms with Crippen LogP contribution >= 0.6 is 0 Å². The summed E-state index contributed by atoms with van der Waals surface area (Å²) in [6.07, 6.45) is 3.57. The first-order valence-electron chi connectivity index (χ1n) is 6.79. The summed E-state index contributed by atoms with van der Waals surface area (Å²) in [4.78, 5) is 0. The van der Waals surface area contributed by atoms with Gasteiger partial charge in [-0.25, -0.2) is 8.78 Å². The fourth-order valence-electron chi connectivity index (χ4n) is 3.04. The molecule has 3 atom stereocenters. The van der Waals surface area contributed by atoms with Crippen molar-refractivity contribution in [1.82, 2.24) is 5.32 Å². The van der Waals surface area contributed by atoms with E-state index in [0.717, 1.165) is 18.4 Å². The minimum atomic E-state index is -0.764. The van der Waals surface area contributed by atoms with Gasteiger partial charge >= 0.3 is 0 Å². The van der Waals surface area contributed by atoms with Crippen LogP contribution in [0.2, 0.25) is 0 Å². The van der Waals surface area contributed by atoms with Gasteiger partial charge in [-0.05, 0) is 30.7 Å². The molecule has 0 bridgehead atoms. The molecule has 2 rings (SSSR count). The van der Waals surface area contributed by atoms with Crippen molar-refractivity contribution in [1.29, 1.82) is 0 Å². The molecule has 0 heterocycles. The fraction of sp³-hybridized carbons (Fsp3) is 0.600. The molecule has 1 aromatic rings. The van der Waals surface area contributed by atoms with Crippen LogP contribution < -0.4 is 5.32 Å². The molecule has 1 saturated carbocycles. The molecule has 18 heavy (non-hydrogen) atoms. The first-order chi connectivity index (χ1) is 8.63. The van der Waals surface area contributed by atoms with Gasteiger partial charge in [0, 0.05) is 18.2 Å². The van der Waals surface area contributed by atoms with Gasteiger partial charge in [-0.15, -0.1) is 0 Å². The van der Waals surface area contributed by atoms with E-state index in [1.165, 1.54) is 12.8 Å². The van der Waals surface area contributed by atoms with Gasteiger partial charge in [-0.1, -0.05) is 32.4 Å². The molecule has 3 heteroatoms. The SMILES string of the molecule is CCC1CCC(NCc2cccc(F)c2F)C1C. The Morgan fingerprint density at radius 1 is 1.28 bits per heavy atom. The number of benzene rings is 1. The topological polar surface area (TPSA) is 12.0 Å². The lowest BCUT2D eigenvalue weighted by molar-refractivity contribution is 0.342. The molecular formula is C15H21F2N. The summed E-state index contributed by atoms with van der Waals surface area (Å²) in [5.41, 5.74) is 0.419. The lowest BCUT2D eigenvalue weighted by Crippen LogP contribution is -2.32. The number of rotatable bonds is 4. The molecule has 0 saturated heterocycles. The van der Waals surface area contributed by atoms with Gasteiger partial charge in [0.1, 0.15) is 0 Å². The molecule has 1 aliphatic carbocycles. The largest absolute Gasteiger partial charge is 0.310 e. The minimum Gasteiger partial charge on any atom is -0.310 e. The zero-order valence-corrected chi connectivity index (χ0v) is 11.0. The number of hydrogen-bond acceptors (Lipinski definition) is 1. The van der Waals surface area contributed by atoms with E-state index in [1.54, 1.807) is 12.1 Å². The Bertz CT molecular complexity index is 405. The molecule has 3 unspecified atom stereocenters. The number of nitrogens with one attached hydrogen (secondary N) is 1. The van der Waals surface area contributed by atoms with Crippen molar-refractivity contribution in [2.24, 2.45) is 11.8 Å². The summed E-state index contributed by atoms with van der Waals surface area (Å²) in [5, 5.41) is 3.37. The van der Waals surface area contributed by atoms with E-state index in [-0.39, 0.29) is 0 Å². The van der Waals surface area contributed by atoms with Crippen LogP contribution in [0.1, 0.15) is 38.7 Å². The highest BCUT2D eigenvalue weighted by Gasteiger charge is 2.31. The van der Waals surface area contributed by atoms with E-state index >= 15 is 0 Å². The summed E-state index contributed by atoms with van der Waals surface area (Å²) in [6.45, 7) is 4.88. The van der Waals surface area contributed by atoms with Crippen molar-refractivity contribution in [3.05, 3.63) is 35.4 Å². The Hall–Kier alpha value is -0.960. The molecule has 100 valence electrons. The highest BCUT2D eigenvalue weighted by molar-refractivity contribution is 5.18. The van der Waals surface area contributed by atoms with Crippen molar-refractivity contribution < 1.29 is 8.78 Å². The fourth-order valence-corrected chi connectivity index (χ4v) is 3.04. The second-order valence-electron chi connectivity index (χ2n) is 5.31. The minimum absolute atomic E-state index is 0.412. The standard InChI is InChI=1S/C15H21F2N/c1-3-11-7-8-14(10(11)2)18-9-12-5-4-6-13(16)15(12)17/h4-6,10-11,14,18H,3,7-9H2,1-2H3. The van der Waals surface area contributed by atoms with Crippen LogP contribution in [0.25, 0.3) is 0 Å². The van der Waals surface area contributed by atoms with Crippen LogP contribution in [-0.4, -0.2) is 6.04 Å². The molecule has 1 aliphatic rings. The van der Waals surface area contributed by atoms with Crippen molar-refractivity contribution in [3.8, 4) is 0 Å². The maximum Gasteiger partial charge on any atom is 0.163 e. The molecule has 0 spiro atoms. The second-order valence-corrected chi connectivity index (χ2v) is 5.31. The lowest BCUT2D eigenvalue weighted by atomic mass is 9.93. The third-order valence-electron chi connectivity index (χ3n) is 4.34. The molecule has 1 nitrogen and oxygen atoms in total. The first-order valence-corrected chi connectivity index (χ1v) is 6.79. The molecule has 0 amide bonds. The molecule has 1 fully saturated rings. The average Bonchev–Trinajstić information content (AvgIpc) is 2.72. The van der Waals surface area contributed by atoms with Crippen LogP contribution in [0, 0.1) is 23.5 Å². The van der Waals surface area contributed by atoms with Crippen LogP contribution in [0.4, 0.5) is 8.78 Å². The van der Waals surface area contributed by atoms with Crippen molar-refractivity contribution in [3.63, 3.8) is 0 Å². The molecule has 1 N–H and O–H groups in total. The van der Waals surface area contributed by atoms with E-state index in [0.29, 0.717) is 24.1 Å². The van der Waals surface area contributed by atoms with Gasteiger partial charge in [0.15, 0.2) is 11.6 Å². The summed E-state index contributed by atoms with van der Waals surface area (Å²) in [6, 6.07) is 4.78. The van der Waals surface area contributed by atoms with E-state index in [9.17, 15) is 8.78 Å². The van der Waals surface area contributed by atoms with Crippen LogP contribution in [0.15, 0.2) is 18.2 Å². The molecular weight excluding hydrogens is 232 g/mol. The predicted octanol–water partition coefficient (Wildman–Crippen LogP) is 3.88. The monoisotopic (exact) mass is 253 g/mol. The Balaban J connectivity index is 1.94. The quantitative estimate of drug-likeness (QED) is 0.858. The summed E-state index contributed by atoms with van der Waals surface area (Å²) >= 11 is 0. The lowest BCUT2D eigenvalue weighted by Gasteiger charge is -2.21. The third-order valence-corrected chi connectivity index (χ3v) is 4.34. The highest BCUT2D eigenvalue weighted by atomic mass is 19.2. The van der Waals surface area contributed by atoms with E-state index in [1.807, 2.05) is 0 Å². The average molecular weight is 253 g/mol. The van der Waals surface area contributed by atoms with Crippen molar-refractivity contribution in [2.45, 2.75) is 45.7 Å². The normalized spacial score (nSPS) is 27.7. The van der Waals surface area contributed by atoms with Crippen LogP contribution in [-0.2, 0) is 6.54 Å². The zero-order valence-electron chi connectivity index (χ0n) is 11.0. The number of hydrogen-bond donors (Lipinski definition) is 1. The molecule has 0 radical (unpaired) electrons. The summed E-state index contributed by atoms with van der Waals surface area (Å²) < 4.78 is 26.6. The van der Waals surface area contributed by atoms with Gasteiger partial charge in [0.2, 0.25) is 0 Å². The van der Waals surface area contributed by atoms with E-state index < -0.39 is 11.6 Å². The van der Waals surface area contributed by atoms with Gasteiger partial charge in [0.25, 0.3) is 0 Å². The van der Waals surface area contributed by atoms with Gasteiger partial charge < -0.3 is 5.32 Å². The van der Waals surface area contributed by atoms with Crippen molar-refractivity contribution >= 4 is 0 Å². The van der Waals surface area contributed by atoms with Crippen LogP contribution in [0.5, 0.6) is 0 Å². The Kier molecular flexibility index (Phi) is 4.33. The van der Waals surface area contributed by atoms with Gasteiger partial charge in [-0.3, -0.25) is 0 Å². The Labute approximate surface area is 108 Å². The maximum absolute atomic E-state index is 13.5. The van der Waals surface area contributed by atoms with E-state index in [2.05, 4.69) is 19.2 Å². The van der Waals surface area contributed by atoms with Gasteiger partial charge in [-0.2, -0.15) is 0 Å². The molecule has 1 aromatic carbocycles. The first kappa shape index (κ1) is 13.5. The summed E-state index contributed by atoms with van der Waals surface area (Å²) in [7, 11) is 0. The third kappa shape index (κ3) is 2.72. The highest BCUT2D eigenvalue weighted by Crippen LogP contribution is 2.34. The van der Waals surface area contributed by atoms with Gasteiger partial charge in [0.05, 0.1) is 0 Å². The molecule has 0 aromatic heterocycles. The molecule has 0 aliphatic heterocycles.